The summed E-state index contributed by atoms with van der Waals surface area (Å²) in [5.41, 5.74) is 3.58. The second kappa shape index (κ2) is 10.8. The molecule has 0 aromatic heterocycles. The van der Waals surface area contributed by atoms with E-state index in [9.17, 15) is 13.6 Å². The third-order valence-electron chi connectivity index (χ3n) is 5.52. The highest BCUT2D eigenvalue weighted by Crippen LogP contribution is 2.27. The number of nitrogens with zero attached hydrogens (tertiary/aromatic N) is 2. The van der Waals surface area contributed by atoms with Crippen molar-refractivity contribution in [2.24, 2.45) is 0 Å². The lowest BCUT2D eigenvalue weighted by Crippen LogP contribution is -2.46. The van der Waals surface area contributed by atoms with Crippen molar-refractivity contribution in [2.75, 3.05) is 44.5 Å². The SMILES string of the molecule is CCOCN(C(=O)CN1CCOC(c2ccc(F)c(F)c2)C1)c1c(C)cccc1CC. The van der Waals surface area contributed by atoms with Crippen molar-refractivity contribution in [1.82, 2.24) is 4.90 Å². The molecule has 0 spiro atoms. The molecule has 7 heteroatoms. The van der Waals surface area contributed by atoms with E-state index in [1.165, 1.54) is 6.07 Å². The fourth-order valence-electron chi connectivity index (χ4n) is 3.87. The lowest BCUT2D eigenvalue weighted by atomic mass is 10.0. The highest BCUT2D eigenvalue weighted by molar-refractivity contribution is 5.96. The van der Waals surface area contributed by atoms with Crippen LogP contribution in [-0.2, 0) is 20.7 Å². The zero-order valence-electron chi connectivity index (χ0n) is 18.4. The van der Waals surface area contributed by atoms with Gasteiger partial charge in [-0.3, -0.25) is 14.6 Å². The van der Waals surface area contributed by atoms with Gasteiger partial charge in [0.05, 0.1) is 24.9 Å². The number of para-hydroxylation sites is 1. The van der Waals surface area contributed by atoms with Gasteiger partial charge in [-0.1, -0.05) is 31.2 Å². The van der Waals surface area contributed by atoms with Gasteiger partial charge in [-0.25, -0.2) is 8.78 Å². The molecule has 1 amide bonds. The maximum absolute atomic E-state index is 13.6. The first-order valence-corrected chi connectivity index (χ1v) is 10.7. The molecule has 1 fully saturated rings. The molecule has 5 nitrogen and oxygen atoms in total. The summed E-state index contributed by atoms with van der Waals surface area (Å²) in [5.74, 6) is -1.85. The van der Waals surface area contributed by atoms with Gasteiger partial charge in [-0.15, -0.1) is 0 Å². The lowest BCUT2D eigenvalue weighted by Gasteiger charge is -2.34. The summed E-state index contributed by atoms with van der Waals surface area (Å²) in [6.07, 6.45) is 0.393. The number of halogens is 2. The molecule has 0 N–H and O–H groups in total. The molecule has 2 aromatic carbocycles. The van der Waals surface area contributed by atoms with Crippen LogP contribution in [0, 0.1) is 18.6 Å². The van der Waals surface area contributed by atoms with Crippen LogP contribution in [-0.4, -0.2) is 50.4 Å². The molecule has 2 aromatic rings. The Kier molecular flexibility index (Phi) is 8.12. The second-order valence-corrected chi connectivity index (χ2v) is 7.65. The molecule has 3 rings (SSSR count). The Morgan fingerprint density at radius 3 is 2.74 bits per heavy atom. The topological polar surface area (TPSA) is 42.0 Å². The van der Waals surface area contributed by atoms with E-state index >= 15 is 0 Å². The van der Waals surface area contributed by atoms with Crippen molar-refractivity contribution in [1.29, 1.82) is 0 Å². The summed E-state index contributed by atoms with van der Waals surface area (Å²) in [4.78, 5) is 17.0. The first kappa shape index (κ1) is 23.3. The molecule has 1 aliphatic heterocycles. The molecular formula is C24H30F2N2O3. The molecule has 0 saturated carbocycles. The number of hydrogen-bond acceptors (Lipinski definition) is 4. The Bertz CT molecular complexity index is 906. The van der Waals surface area contributed by atoms with E-state index in [4.69, 9.17) is 9.47 Å². The van der Waals surface area contributed by atoms with Crippen LogP contribution in [0.15, 0.2) is 36.4 Å². The van der Waals surface area contributed by atoms with E-state index in [0.29, 0.717) is 31.9 Å². The van der Waals surface area contributed by atoms with Gasteiger partial charge in [-0.05, 0) is 49.1 Å². The van der Waals surface area contributed by atoms with Crippen LogP contribution < -0.4 is 4.90 Å². The monoisotopic (exact) mass is 432 g/mol. The van der Waals surface area contributed by atoms with Crippen LogP contribution in [0.5, 0.6) is 0 Å². The van der Waals surface area contributed by atoms with Gasteiger partial charge in [0.1, 0.15) is 6.73 Å². The van der Waals surface area contributed by atoms with Crippen molar-refractivity contribution in [3.8, 4) is 0 Å². The van der Waals surface area contributed by atoms with Crippen molar-refractivity contribution < 1.29 is 23.0 Å². The Morgan fingerprint density at radius 1 is 1.23 bits per heavy atom. The number of benzene rings is 2. The predicted molar refractivity (Wildman–Crippen MR) is 116 cm³/mol. The molecule has 0 aliphatic carbocycles. The van der Waals surface area contributed by atoms with Gasteiger partial charge in [-0.2, -0.15) is 0 Å². The minimum Gasteiger partial charge on any atom is -0.371 e. The fraction of sp³-hybridized carbons (Fsp3) is 0.458. The molecular weight excluding hydrogens is 402 g/mol. The van der Waals surface area contributed by atoms with Crippen LogP contribution >= 0.6 is 0 Å². The Hall–Kier alpha value is -2.35. The van der Waals surface area contributed by atoms with E-state index in [1.54, 1.807) is 4.90 Å². The number of anilines is 1. The molecule has 0 bridgehead atoms. The standard InChI is InChI=1S/C24H30F2N2O3/c1-4-18-8-6-7-17(3)24(18)28(16-30-5-2)23(29)15-27-11-12-31-22(14-27)19-9-10-20(25)21(26)13-19/h6-10,13,22H,4-5,11-12,14-16H2,1-3H3. The van der Waals surface area contributed by atoms with Crippen molar-refractivity contribution in [3.05, 3.63) is 64.7 Å². The zero-order valence-corrected chi connectivity index (χ0v) is 18.4. The number of rotatable bonds is 8. The molecule has 31 heavy (non-hydrogen) atoms. The zero-order chi connectivity index (χ0) is 22.4. The number of ether oxygens (including phenoxy) is 2. The van der Waals surface area contributed by atoms with E-state index in [1.807, 2.05) is 36.9 Å². The average molecular weight is 433 g/mol. The smallest absolute Gasteiger partial charge is 0.243 e. The minimum atomic E-state index is -0.899. The van der Waals surface area contributed by atoms with Crippen LogP contribution in [0.1, 0.15) is 36.6 Å². The molecule has 1 unspecified atom stereocenters. The van der Waals surface area contributed by atoms with E-state index < -0.39 is 17.7 Å². The Labute approximate surface area is 182 Å². The summed E-state index contributed by atoms with van der Waals surface area (Å²) in [5, 5.41) is 0. The molecule has 1 heterocycles. The number of aryl methyl sites for hydroxylation is 2. The molecule has 168 valence electrons. The summed E-state index contributed by atoms with van der Waals surface area (Å²) in [7, 11) is 0. The van der Waals surface area contributed by atoms with Crippen LogP contribution in [0.4, 0.5) is 14.5 Å². The highest BCUT2D eigenvalue weighted by atomic mass is 19.2. The summed E-state index contributed by atoms with van der Waals surface area (Å²) < 4.78 is 38.3. The van der Waals surface area contributed by atoms with Gasteiger partial charge in [0, 0.05) is 19.7 Å². The van der Waals surface area contributed by atoms with Gasteiger partial charge < -0.3 is 9.47 Å². The summed E-state index contributed by atoms with van der Waals surface area (Å²) in [6.45, 7) is 8.26. The third-order valence-corrected chi connectivity index (χ3v) is 5.52. The lowest BCUT2D eigenvalue weighted by molar-refractivity contribution is -0.123. The van der Waals surface area contributed by atoms with E-state index in [2.05, 4.69) is 6.92 Å². The maximum Gasteiger partial charge on any atom is 0.243 e. The first-order valence-electron chi connectivity index (χ1n) is 10.7. The molecule has 1 atom stereocenters. The molecule has 0 radical (unpaired) electrons. The van der Waals surface area contributed by atoms with Crippen molar-refractivity contribution >= 4 is 11.6 Å². The van der Waals surface area contributed by atoms with E-state index in [-0.39, 0.29) is 19.2 Å². The van der Waals surface area contributed by atoms with Gasteiger partial charge >= 0.3 is 0 Å². The number of amides is 1. The maximum atomic E-state index is 13.6. The van der Waals surface area contributed by atoms with Gasteiger partial charge in [0.25, 0.3) is 0 Å². The number of morpholine rings is 1. The third kappa shape index (κ3) is 5.67. The molecule has 1 aliphatic rings. The van der Waals surface area contributed by atoms with Crippen LogP contribution in [0.25, 0.3) is 0 Å². The fourth-order valence-corrected chi connectivity index (χ4v) is 3.87. The molecule has 1 saturated heterocycles. The van der Waals surface area contributed by atoms with Crippen molar-refractivity contribution in [3.63, 3.8) is 0 Å². The first-order chi connectivity index (χ1) is 14.9. The predicted octanol–water partition coefficient (Wildman–Crippen LogP) is 4.24. The Morgan fingerprint density at radius 2 is 2.03 bits per heavy atom. The normalized spacial score (nSPS) is 17.0. The second-order valence-electron chi connectivity index (χ2n) is 7.65. The summed E-state index contributed by atoms with van der Waals surface area (Å²) in [6, 6.07) is 9.81. The van der Waals surface area contributed by atoms with Crippen LogP contribution in [0.2, 0.25) is 0 Å². The largest absolute Gasteiger partial charge is 0.371 e. The number of carbonyl (C=O) groups excluding carboxylic acids is 1. The summed E-state index contributed by atoms with van der Waals surface area (Å²) >= 11 is 0. The number of hydrogen-bond donors (Lipinski definition) is 0. The van der Waals surface area contributed by atoms with Gasteiger partial charge in [0.2, 0.25) is 5.91 Å². The van der Waals surface area contributed by atoms with Crippen molar-refractivity contribution in [2.45, 2.75) is 33.3 Å². The average Bonchev–Trinajstić information content (AvgIpc) is 2.77. The Balaban J connectivity index is 1.76. The van der Waals surface area contributed by atoms with Gasteiger partial charge in [0.15, 0.2) is 11.6 Å². The quantitative estimate of drug-likeness (QED) is 0.586. The number of carbonyl (C=O) groups is 1. The minimum absolute atomic E-state index is 0.0663. The van der Waals surface area contributed by atoms with E-state index in [0.717, 1.165) is 35.4 Å². The highest BCUT2D eigenvalue weighted by Gasteiger charge is 2.27. The van der Waals surface area contributed by atoms with Crippen LogP contribution in [0.3, 0.4) is 0 Å².